The van der Waals surface area contributed by atoms with E-state index in [9.17, 15) is 5.11 Å². The Morgan fingerprint density at radius 2 is 1.82 bits per heavy atom. The van der Waals surface area contributed by atoms with Crippen LogP contribution in [0.5, 0.6) is 5.75 Å². The Kier molecular flexibility index (Phi) is 4.39. The van der Waals surface area contributed by atoms with E-state index in [0.29, 0.717) is 11.6 Å². The van der Waals surface area contributed by atoms with Gasteiger partial charge in [-0.1, -0.05) is 41.9 Å². The van der Waals surface area contributed by atoms with Gasteiger partial charge in [0.25, 0.3) is 0 Å². The van der Waals surface area contributed by atoms with E-state index in [2.05, 4.69) is 4.90 Å². The highest BCUT2D eigenvalue weighted by Crippen LogP contribution is 2.38. The maximum absolute atomic E-state index is 10.8. The van der Waals surface area contributed by atoms with Crippen LogP contribution in [0.4, 0.5) is 0 Å². The topological polar surface area (TPSA) is 32.7 Å². The summed E-state index contributed by atoms with van der Waals surface area (Å²) in [7, 11) is 2.01. The number of likely N-dealkylation sites (N-methyl/N-ethyl adjacent to an activating group) is 1. The maximum Gasteiger partial charge on any atom is 0.162 e. The first-order valence-corrected chi connectivity index (χ1v) is 7.85. The second-order valence-electron chi connectivity index (χ2n) is 5.84. The van der Waals surface area contributed by atoms with E-state index in [1.807, 2.05) is 49.5 Å². The van der Waals surface area contributed by atoms with E-state index in [4.69, 9.17) is 16.3 Å². The van der Waals surface area contributed by atoms with Gasteiger partial charge in [-0.05, 0) is 36.9 Å². The third-order valence-corrected chi connectivity index (χ3v) is 4.52. The smallest absolute Gasteiger partial charge is 0.162 e. The average molecular weight is 318 g/mol. The maximum atomic E-state index is 10.8. The van der Waals surface area contributed by atoms with Crippen LogP contribution in [0.15, 0.2) is 54.6 Å². The molecule has 0 bridgehead atoms. The minimum absolute atomic E-state index is 0.586. The van der Waals surface area contributed by atoms with Crippen LogP contribution < -0.4 is 4.74 Å². The number of hydrogen-bond acceptors (Lipinski definition) is 3. The van der Waals surface area contributed by atoms with E-state index in [-0.39, 0.29) is 0 Å². The molecule has 1 aliphatic rings. The fourth-order valence-electron chi connectivity index (χ4n) is 3.01. The summed E-state index contributed by atoms with van der Waals surface area (Å²) in [6.45, 7) is 1.46. The number of nitrogens with zero attached hydrogens (tertiary/aromatic N) is 1. The molecule has 2 aromatic carbocycles. The Hall–Kier alpha value is -1.55. The molecule has 2 atom stereocenters. The standard InChI is InChI=1S/C18H20ClNO2/c1-20-12-11-18(17(21)13-20,14-5-3-2-4-6-14)22-16-9-7-15(19)8-10-16/h2-10,17,21H,11-13H2,1H3. The number of likely N-dealkylation sites (tertiary alicyclic amines) is 1. The van der Waals surface area contributed by atoms with E-state index in [1.54, 1.807) is 12.1 Å². The van der Waals surface area contributed by atoms with Gasteiger partial charge >= 0.3 is 0 Å². The fraction of sp³-hybridized carbons (Fsp3) is 0.333. The Balaban J connectivity index is 1.98. The average Bonchev–Trinajstić information content (AvgIpc) is 2.53. The van der Waals surface area contributed by atoms with Crippen molar-refractivity contribution < 1.29 is 9.84 Å². The molecule has 0 spiro atoms. The van der Waals surface area contributed by atoms with E-state index < -0.39 is 11.7 Å². The summed E-state index contributed by atoms with van der Waals surface area (Å²) >= 11 is 5.94. The molecule has 0 saturated carbocycles. The Morgan fingerprint density at radius 3 is 2.45 bits per heavy atom. The molecular formula is C18H20ClNO2. The minimum Gasteiger partial charge on any atom is -0.480 e. The number of β-amino-alcohol motifs (C(OH)–C–C–N with tert-alkyl or cyclic N) is 1. The molecule has 2 aromatic rings. The lowest BCUT2D eigenvalue weighted by Crippen LogP contribution is -2.55. The third kappa shape index (κ3) is 2.98. The van der Waals surface area contributed by atoms with Crippen molar-refractivity contribution in [3.8, 4) is 5.75 Å². The van der Waals surface area contributed by atoms with Gasteiger partial charge in [0, 0.05) is 24.5 Å². The van der Waals surface area contributed by atoms with Crippen molar-refractivity contribution in [3.05, 3.63) is 65.2 Å². The van der Waals surface area contributed by atoms with Gasteiger partial charge < -0.3 is 14.7 Å². The summed E-state index contributed by atoms with van der Waals surface area (Å²) in [5, 5.41) is 11.4. The molecule has 116 valence electrons. The highest BCUT2D eigenvalue weighted by molar-refractivity contribution is 6.30. The molecule has 0 amide bonds. The molecule has 4 heteroatoms. The SMILES string of the molecule is CN1CCC(Oc2ccc(Cl)cc2)(c2ccccc2)C(O)C1. The number of aliphatic hydroxyl groups excluding tert-OH is 1. The summed E-state index contributed by atoms with van der Waals surface area (Å²) < 4.78 is 6.31. The summed E-state index contributed by atoms with van der Waals surface area (Å²) in [5.74, 6) is 0.719. The first-order valence-electron chi connectivity index (χ1n) is 7.47. The molecule has 22 heavy (non-hydrogen) atoms. The van der Waals surface area contributed by atoms with Crippen LogP contribution in [0.1, 0.15) is 12.0 Å². The first-order chi connectivity index (χ1) is 10.6. The molecule has 1 saturated heterocycles. The Labute approximate surface area is 136 Å². The van der Waals surface area contributed by atoms with Gasteiger partial charge in [0.2, 0.25) is 0 Å². The summed E-state index contributed by atoms with van der Waals surface area (Å²) in [4.78, 5) is 2.12. The van der Waals surface area contributed by atoms with Crippen molar-refractivity contribution in [2.24, 2.45) is 0 Å². The van der Waals surface area contributed by atoms with Crippen LogP contribution >= 0.6 is 11.6 Å². The van der Waals surface area contributed by atoms with Crippen LogP contribution in [0.2, 0.25) is 5.02 Å². The lowest BCUT2D eigenvalue weighted by atomic mass is 9.82. The van der Waals surface area contributed by atoms with Gasteiger partial charge in [-0.15, -0.1) is 0 Å². The van der Waals surface area contributed by atoms with Gasteiger partial charge in [-0.3, -0.25) is 0 Å². The number of aliphatic hydroxyl groups is 1. The fourth-order valence-corrected chi connectivity index (χ4v) is 3.13. The van der Waals surface area contributed by atoms with Crippen molar-refractivity contribution in [2.45, 2.75) is 18.1 Å². The van der Waals surface area contributed by atoms with Crippen molar-refractivity contribution in [1.29, 1.82) is 0 Å². The van der Waals surface area contributed by atoms with Gasteiger partial charge in [0.1, 0.15) is 11.9 Å². The largest absolute Gasteiger partial charge is 0.480 e. The normalized spacial score (nSPS) is 25.9. The zero-order valence-electron chi connectivity index (χ0n) is 12.6. The predicted octanol–water partition coefficient (Wildman–Crippen LogP) is 3.31. The summed E-state index contributed by atoms with van der Waals surface area (Å²) in [5.41, 5.74) is 0.285. The highest BCUT2D eigenvalue weighted by atomic mass is 35.5. The quantitative estimate of drug-likeness (QED) is 0.942. The highest BCUT2D eigenvalue weighted by Gasteiger charge is 2.45. The van der Waals surface area contributed by atoms with Crippen LogP contribution in [-0.4, -0.2) is 36.2 Å². The van der Waals surface area contributed by atoms with Gasteiger partial charge in [0.15, 0.2) is 5.60 Å². The number of rotatable bonds is 3. The molecule has 1 heterocycles. The van der Waals surface area contributed by atoms with Crippen molar-refractivity contribution in [2.75, 3.05) is 20.1 Å². The lowest BCUT2D eigenvalue weighted by molar-refractivity contribution is -0.103. The molecule has 1 N–H and O–H groups in total. The second kappa shape index (κ2) is 6.29. The number of halogens is 1. The van der Waals surface area contributed by atoms with Crippen LogP contribution in [0, 0.1) is 0 Å². The minimum atomic E-state index is -0.721. The van der Waals surface area contributed by atoms with Crippen molar-refractivity contribution in [1.82, 2.24) is 4.90 Å². The molecule has 3 nitrogen and oxygen atoms in total. The third-order valence-electron chi connectivity index (χ3n) is 4.26. The number of benzene rings is 2. The monoisotopic (exact) mass is 317 g/mol. The molecule has 0 aromatic heterocycles. The molecule has 1 aliphatic heterocycles. The van der Waals surface area contributed by atoms with Gasteiger partial charge in [0.05, 0.1) is 0 Å². The Bertz CT molecular complexity index is 617. The van der Waals surface area contributed by atoms with Gasteiger partial charge in [-0.2, -0.15) is 0 Å². The molecule has 0 aliphatic carbocycles. The molecule has 2 unspecified atom stereocenters. The van der Waals surface area contributed by atoms with Gasteiger partial charge in [-0.25, -0.2) is 0 Å². The van der Waals surface area contributed by atoms with E-state index in [0.717, 1.165) is 24.3 Å². The summed E-state index contributed by atoms with van der Waals surface area (Å²) in [6.07, 6.45) is 0.140. The first kappa shape index (κ1) is 15.3. The lowest BCUT2D eigenvalue weighted by Gasteiger charge is -2.44. The van der Waals surface area contributed by atoms with Crippen molar-refractivity contribution >= 4 is 11.6 Å². The van der Waals surface area contributed by atoms with E-state index >= 15 is 0 Å². The Morgan fingerprint density at radius 1 is 1.14 bits per heavy atom. The van der Waals surface area contributed by atoms with Crippen LogP contribution in [-0.2, 0) is 5.60 Å². The number of ether oxygens (including phenoxy) is 1. The molecular weight excluding hydrogens is 298 g/mol. The zero-order valence-corrected chi connectivity index (χ0v) is 13.3. The number of hydrogen-bond donors (Lipinski definition) is 1. The molecule has 0 radical (unpaired) electrons. The number of piperidine rings is 1. The van der Waals surface area contributed by atoms with Crippen LogP contribution in [0.25, 0.3) is 0 Å². The predicted molar refractivity (Wildman–Crippen MR) is 88.3 cm³/mol. The second-order valence-corrected chi connectivity index (χ2v) is 6.28. The zero-order chi connectivity index (χ0) is 15.6. The van der Waals surface area contributed by atoms with Crippen molar-refractivity contribution in [3.63, 3.8) is 0 Å². The van der Waals surface area contributed by atoms with E-state index in [1.165, 1.54) is 0 Å². The van der Waals surface area contributed by atoms with Crippen LogP contribution in [0.3, 0.4) is 0 Å². The molecule has 1 fully saturated rings. The summed E-state index contributed by atoms with van der Waals surface area (Å²) in [6, 6.07) is 17.3. The molecule has 3 rings (SSSR count).